The average Bonchev–Trinajstić information content (AvgIpc) is 2.75. The predicted octanol–water partition coefficient (Wildman–Crippen LogP) is 1.33. The van der Waals surface area contributed by atoms with Gasteiger partial charge in [-0.25, -0.2) is 4.98 Å². The van der Waals surface area contributed by atoms with Crippen LogP contribution in [0.5, 0.6) is 0 Å². The van der Waals surface area contributed by atoms with E-state index in [1.807, 2.05) is 30.3 Å². The summed E-state index contributed by atoms with van der Waals surface area (Å²) in [5, 5.41) is 3.16. The quantitative estimate of drug-likeness (QED) is 0.751. The van der Waals surface area contributed by atoms with E-state index in [2.05, 4.69) is 15.3 Å². The molecule has 1 aliphatic rings. The molecule has 1 atom stereocenters. The molecule has 0 saturated carbocycles. The van der Waals surface area contributed by atoms with Gasteiger partial charge >= 0.3 is 0 Å². The van der Waals surface area contributed by atoms with Crippen molar-refractivity contribution in [3.63, 3.8) is 0 Å². The molecule has 0 bridgehead atoms. The summed E-state index contributed by atoms with van der Waals surface area (Å²) in [6.45, 7) is 0.736. The molecule has 2 N–H and O–H groups in total. The number of nitrogens with one attached hydrogen (secondary N) is 2. The first-order chi connectivity index (χ1) is 7.86. The van der Waals surface area contributed by atoms with Crippen LogP contribution in [0.15, 0.2) is 41.5 Å². The van der Waals surface area contributed by atoms with Gasteiger partial charge in [-0.05, 0) is 5.56 Å². The third-order valence-electron chi connectivity index (χ3n) is 2.91. The van der Waals surface area contributed by atoms with Gasteiger partial charge in [0.1, 0.15) is 5.82 Å². The summed E-state index contributed by atoms with van der Waals surface area (Å²) in [4.78, 5) is 18.5. The highest BCUT2D eigenvalue weighted by atomic mass is 16.1. The van der Waals surface area contributed by atoms with E-state index in [1.54, 1.807) is 0 Å². The van der Waals surface area contributed by atoms with Crippen LogP contribution in [-0.4, -0.2) is 16.5 Å². The molecule has 1 aromatic heterocycles. The Labute approximate surface area is 92.4 Å². The Morgan fingerprint density at radius 3 is 2.88 bits per heavy atom. The Hall–Kier alpha value is -2.10. The molecular formula is C12H11N3O. The van der Waals surface area contributed by atoms with Crippen molar-refractivity contribution in [3.05, 3.63) is 58.1 Å². The molecule has 4 heteroatoms. The van der Waals surface area contributed by atoms with Crippen molar-refractivity contribution in [1.82, 2.24) is 9.97 Å². The van der Waals surface area contributed by atoms with E-state index in [1.165, 1.54) is 6.33 Å². The predicted molar refractivity (Wildman–Crippen MR) is 61.6 cm³/mol. The minimum absolute atomic E-state index is 0.0520. The highest BCUT2D eigenvalue weighted by Gasteiger charge is 2.27. The summed E-state index contributed by atoms with van der Waals surface area (Å²) in [6.07, 6.45) is 1.43. The molecule has 1 aromatic carbocycles. The zero-order valence-electron chi connectivity index (χ0n) is 8.60. The molecule has 1 aliphatic heterocycles. The normalized spacial score (nSPS) is 17.9. The van der Waals surface area contributed by atoms with Gasteiger partial charge in [0.2, 0.25) is 0 Å². The lowest BCUT2D eigenvalue weighted by molar-refractivity contribution is 0.887. The zero-order chi connectivity index (χ0) is 11.0. The standard InChI is InChI=1S/C12H11N3O/c16-12-10-9(8-4-2-1-3-5-8)6-13-11(10)14-7-15-12/h1-5,7,9H,6H2,(H2,13,14,15,16). The van der Waals surface area contributed by atoms with E-state index in [0.717, 1.165) is 17.7 Å². The Balaban J connectivity index is 2.14. The van der Waals surface area contributed by atoms with E-state index < -0.39 is 0 Å². The molecule has 2 heterocycles. The van der Waals surface area contributed by atoms with Crippen LogP contribution in [0.3, 0.4) is 0 Å². The van der Waals surface area contributed by atoms with Crippen molar-refractivity contribution in [1.29, 1.82) is 0 Å². The fourth-order valence-electron chi connectivity index (χ4n) is 2.15. The SMILES string of the molecule is O=c1[nH]cnc2c1C(c1ccccc1)CN2. The molecule has 0 aliphatic carbocycles. The minimum Gasteiger partial charge on any atom is -0.369 e. The van der Waals surface area contributed by atoms with Crippen LogP contribution in [0, 0.1) is 0 Å². The monoisotopic (exact) mass is 213 g/mol. The van der Waals surface area contributed by atoms with Crippen LogP contribution in [-0.2, 0) is 0 Å². The lowest BCUT2D eigenvalue weighted by Crippen LogP contribution is -2.15. The molecule has 0 saturated heterocycles. The van der Waals surface area contributed by atoms with Crippen LogP contribution >= 0.6 is 0 Å². The molecule has 0 radical (unpaired) electrons. The molecular weight excluding hydrogens is 202 g/mol. The van der Waals surface area contributed by atoms with Gasteiger partial charge in [0, 0.05) is 12.5 Å². The van der Waals surface area contributed by atoms with Gasteiger partial charge in [-0.1, -0.05) is 30.3 Å². The summed E-state index contributed by atoms with van der Waals surface area (Å²) in [5.41, 5.74) is 1.84. The van der Waals surface area contributed by atoms with Crippen LogP contribution < -0.4 is 10.9 Å². The van der Waals surface area contributed by atoms with Crippen molar-refractivity contribution in [3.8, 4) is 0 Å². The van der Waals surface area contributed by atoms with Gasteiger partial charge in [0.15, 0.2) is 0 Å². The largest absolute Gasteiger partial charge is 0.369 e. The second-order valence-corrected chi connectivity index (χ2v) is 3.84. The molecule has 3 rings (SSSR count). The van der Waals surface area contributed by atoms with Crippen LogP contribution in [0.4, 0.5) is 5.82 Å². The summed E-state index contributed by atoms with van der Waals surface area (Å²) in [7, 11) is 0. The number of aromatic nitrogens is 2. The number of anilines is 1. The van der Waals surface area contributed by atoms with Crippen LogP contribution in [0.25, 0.3) is 0 Å². The molecule has 16 heavy (non-hydrogen) atoms. The van der Waals surface area contributed by atoms with Crippen molar-refractivity contribution in [2.45, 2.75) is 5.92 Å². The average molecular weight is 213 g/mol. The van der Waals surface area contributed by atoms with Gasteiger partial charge in [-0.2, -0.15) is 0 Å². The van der Waals surface area contributed by atoms with Crippen molar-refractivity contribution in [2.75, 3.05) is 11.9 Å². The molecule has 4 nitrogen and oxygen atoms in total. The van der Waals surface area contributed by atoms with Gasteiger partial charge in [0.05, 0.1) is 11.9 Å². The first-order valence-electron chi connectivity index (χ1n) is 5.22. The molecule has 0 amide bonds. The molecule has 0 spiro atoms. The Kier molecular flexibility index (Phi) is 1.99. The molecule has 2 aromatic rings. The Morgan fingerprint density at radius 1 is 1.25 bits per heavy atom. The number of rotatable bonds is 1. The van der Waals surface area contributed by atoms with E-state index in [4.69, 9.17) is 0 Å². The molecule has 0 fully saturated rings. The summed E-state index contributed by atoms with van der Waals surface area (Å²) >= 11 is 0. The number of aromatic amines is 1. The van der Waals surface area contributed by atoms with Gasteiger partial charge in [-0.3, -0.25) is 4.79 Å². The summed E-state index contributed by atoms with van der Waals surface area (Å²) < 4.78 is 0. The van der Waals surface area contributed by atoms with E-state index >= 15 is 0 Å². The Bertz CT molecular complexity index is 562. The number of hydrogen-bond acceptors (Lipinski definition) is 3. The Morgan fingerprint density at radius 2 is 2.06 bits per heavy atom. The minimum atomic E-state index is -0.0520. The third-order valence-corrected chi connectivity index (χ3v) is 2.91. The number of benzene rings is 1. The number of H-pyrrole nitrogens is 1. The van der Waals surface area contributed by atoms with E-state index in [0.29, 0.717) is 5.82 Å². The van der Waals surface area contributed by atoms with Crippen molar-refractivity contribution < 1.29 is 0 Å². The fourth-order valence-corrected chi connectivity index (χ4v) is 2.15. The van der Waals surface area contributed by atoms with Crippen molar-refractivity contribution in [2.24, 2.45) is 0 Å². The van der Waals surface area contributed by atoms with Gasteiger partial charge in [0.25, 0.3) is 5.56 Å². The number of hydrogen-bond donors (Lipinski definition) is 2. The lowest BCUT2D eigenvalue weighted by atomic mass is 9.95. The van der Waals surface area contributed by atoms with Crippen LogP contribution in [0.2, 0.25) is 0 Å². The smallest absolute Gasteiger partial charge is 0.256 e. The first-order valence-corrected chi connectivity index (χ1v) is 5.22. The van der Waals surface area contributed by atoms with Gasteiger partial charge in [-0.15, -0.1) is 0 Å². The lowest BCUT2D eigenvalue weighted by Gasteiger charge is -2.08. The topological polar surface area (TPSA) is 57.8 Å². The highest BCUT2D eigenvalue weighted by Crippen LogP contribution is 2.31. The van der Waals surface area contributed by atoms with Crippen molar-refractivity contribution >= 4 is 5.82 Å². The maximum absolute atomic E-state index is 11.8. The van der Waals surface area contributed by atoms with E-state index in [-0.39, 0.29) is 11.5 Å². The zero-order valence-corrected chi connectivity index (χ0v) is 8.60. The van der Waals surface area contributed by atoms with Crippen LogP contribution in [0.1, 0.15) is 17.0 Å². The maximum Gasteiger partial charge on any atom is 0.256 e. The molecule has 80 valence electrons. The third kappa shape index (κ3) is 1.31. The molecule has 1 unspecified atom stereocenters. The van der Waals surface area contributed by atoms with Gasteiger partial charge < -0.3 is 10.3 Å². The summed E-state index contributed by atoms with van der Waals surface area (Å²) in [6, 6.07) is 10.0. The summed E-state index contributed by atoms with van der Waals surface area (Å²) in [5.74, 6) is 0.811. The second-order valence-electron chi connectivity index (χ2n) is 3.84. The highest BCUT2D eigenvalue weighted by molar-refractivity contribution is 5.54. The first kappa shape index (κ1) is 9.15. The number of nitrogens with zero attached hydrogens (tertiary/aromatic N) is 1. The number of fused-ring (bicyclic) bond motifs is 1. The fraction of sp³-hybridized carbons (Fsp3) is 0.167. The maximum atomic E-state index is 11.8. The van der Waals surface area contributed by atoms with E-state index in [9.17, 15) is 4.79 Å². The second kappa shape index (κ2) is 3.48.